The van der Waals surface area contributed by atoms with Crippen molar-refractivity contribution >= 4 is 43.1 Å². The highest BCUT2D eigenvalue weighted by atomic mass is 32.1. The zero-order valence-electron chi connectivity index (χ0n) is 19.0. The van der Waals surface area contributed by atoms with Crippen molar-refractivity contribution in [2.75, 3.05) is 0 Å². The van der Waals surface area contributed by atoms with Gasteiger partial charge in [-0.25, -0.2) is 9.97 Å². The molecule has 1 aromatic carbocycles. The van der Waals surface area contributed by atoms with Crippen LogP contribution in [0, 0.1) is 6.92 Å². The van der Waals surface area contributed by atoms with Crippen molar-refractivity contribution in [1.29, 1.82) is 0 Å². The predicted molar refractivity (Wildman–Crippen MR) is 135 cm³/mol. The summed E-state index contributed by atoms with van der Waals surface area (Å²) in [5, 5.41) is 11.9. The minimum absolute atomic E-state index is 0.00394. The molecule has 3 heterocycles. The number of rotatable bonds is 4. The van der Waals surface area contributed by atoms with Crippen LogP contribution >= 0.6 is 22.7 Å². The van der Waals surface area contributed by atoms with Crippen molar-refractivity contribution in [3.63, 3.8) is 0 Å². The number of aryl methyl sites for hydroxylation is 3. The fourth-order valence-electron chi connectivity index (χ4n) is 4.70. The van der Waals surface area contributed by atoms with Gasteiger partial charge in [-0.05, 0) is 76.6 Å². The fraction of sp³-hybridized carbons (Fsp3) is 0.385. The smallest absolute Gasteiger partial charge is 0.142 e. The van der Waals surface area contributed by atoms with Crippen molar-refractivity contribution in [2.24, 2.45) is 0 Å². The van der Waals surface area contributed by atoms with E-state index in [0.29, 0.717) is 0 Å². The Bertz CT molecular complexity index is 1340. The molecule has 1 atom stereocenters. The monoisotopic (exact) mass is 464 g/mol. The molecular weight excluding hydrogens is 436 g/mol. The van der Waals surface area contributed by atoms with E-state index in [9.17, 15) is 5.11 Å². The third-order valence-corrected chi connectivity index (χ3v) is 7.98. The molecule has 3 aromatic heterocycles. The number of aliphatic hydroxyl groups excluding tert-OH is 1. The summed E-state index contributed by atoms with van der Waals surface area (Å²) in [6, 6.07) is 6.46. The first kappa shape index (κ1) is 21.6. The Labute approximate surface area is 196 Å². The molecule has 0 fully saturated rings. The van der Waals surface area contributed by atoms with E-state index in [1.165, 1.54) is 33.4 Å². The lowest BCUT2D eigenvalue weighted by atomic mass is 9.87. The average molecular weight is 465 g/mol. The van der Waals surface area contributed by atoms with Crippen LogP contribution in [0.25, 0.3) is 31.6 Å². The Morgan fingerprint density at radius 3 is 2.75 bits per heavy atom. The van der Waals surface area contributed by atoms with Gasteiger partial charge in [-0.2, -0.15) is 0 Å². The molecule has 166 valence electrons. The molecule has 0 saturated carbocycles. The fourth-order valence-corrected chi connectivity index (χ4v) is 6.67. The molecule has 6 heteroatoms. The molecule has 5 rings (SSSR count). The standard InChI is InChI=1S/C26H28N2O2S2/c1-14-21(24(15(2)29)30-26(3,4)5)22(16-10-11-20-18(12-16)27-13-31-20)23-17-8-6-7-9-19(17)32-25(23)28-14/h10-13,24,29H,2,6-9H2,1,3-5H3/t24-/m1/s1. The Morgan fingerprint density at radius 2 is 2.00 bits per heavy atom. The zero-order chi connectivity index (χ0) is 22.6. The van der Waals surface area contributed by atoms with Gasteiger partial charge in [0.15, 0.2) is 0 Å². The molecule has 0 aliphatic heterocycles. The van der Waals surface area contributed by atoms with E-state index in [0.717, 1.165) is 45.6 Å². The molecule has 0 unspecified atom stereocenters. The number of pyridine rings is 1. The maximum atomic E-state index is 10.7. The second-order valence-electron chi connectivity index (χ2n) is 9.51. The van der Waals surface area contributed by atoms with Crippen LogP contribution in [0.2, 0.25) is 0 Å². The number of benzene rings is 1. The summed E-state index contributed by atoms with van der Waals surface area (Å²) in [5.41, 5.74) is 7.79. The lowest BCUT2D eigenvalue weighted by Gasteiger charge is -2.30. The van der Waals surface area contributed by atoms with Gasteiger partial charge in [0.05, 0.1) is 21.3 Å². The van der Waals surface area contributed by atoms with Crippen LogP contribution in [0.5, 0.6) is 0 Å². The normalized spacial score (nSPS) is 15.2. The van der Waals surface area contributed by atoms with Gasteiger partial charge in [-0.15, -0.1) is 22.7 Å². The molecule has 0 saturated heterocycles. The van der Waals surface area contributed by atoms with Crippen LogP contribution in [0.1, 0.15) is 61.4 Å². The Balaban J connectivity index is 1.87. The first-order chi connectivity index (χ1) is 15.2. The van der Waals surface area contributed by atoms with Crippen LogP contribution in [0.4, 0.5) is 0 Å². The highest BCUT2D eigenvalue weighted by molar-refractivity contribution is 7.19. The van der Waals surface area contributed by atoms with Gasteiger partial charge in [-0.3, -0.25) is 0 Å². The van der Waals surface area contributed by atoms with Crippen LogP contribution < -0.4 is 0 Å². The van der Waals surface area contributed by atoms with Crippen LogP contribution in [0.3, 0.4) is 0 Å². The van der Waals surface area contributed by atoms with Crippen LogP contribution in [-0.4, -0.2) is 20.7 Å². The number of fused-ring (bicyclic) bond motifs is 4. The summed E-state index contributed by atoms with van der Waals surface area (Å²) >= 11 is 3.47. The van der Waals surface area contributed by atoms with Gasteiger partial charge in [0.2, 0.25) is 0 Å². The summed E-state index contributed by atoms with van der Waals surface area (Å²) in [6.45, 7) is 11.9. The summed E-state index contributed by atoms with van der Waals surface area (Å²) in [7, 11) is 0. The lowest BCUT2D eigenvalue weighted by Crippen LogP contribution is -2.25. The SMILES string of the molecule is C=C(O)[C@@H](OC(C)(C)C)c1c(C)nc2sc3c(c2c1-c1ccc2scnc2c1)CCCC3. The molecule has 0 bridgehead atoms. The second kappa shape index (κ2) is 7.94. The van der Waals surface area contributed by atoms with E-state index >= 15 is 0 Å². The topological polar surface area (TPSA) is 55.2 Å². The molecule has 4 nitrogen and oxygen atoms in total. The van der Waals surface area contributed by atoms with Gasteiger partial charge in [0, 0.05) is 27.1 Å². The van der Waals surface area contributed by atoms with Gasteiger partial charge < -0.3 is 9.84 Å². The number of hydrogen-bond donors (Lipinski definition) is 1. The van der Waals surface area contributed by atoms with Gasteiger partial charge in [0.1, 0.15) is 16.7 Å². The summed E-state index contributed by atoms with van der Waals surface area (Å²) in [4.78, 5) is 12.1. The molecule has 1 aliphatic carbocycles. The molecule has 4 aromatic rings. The third kappa shape index (κ3) is 3.74. The van der Waals surface area contributed by atoms with E-state index in [1.807, 2.05) is 44.5 Å². The number of thiazole rings is 1. The van der Waals surface area contributed by atoms with Crippen molar-refractivity contribution in [3.8, 4) is 11.1 Å². The second-order valence-corrected chi connectivity index (χ2v) is 11.5. The molecule has 1 aliphatic rings. The van der Waals surface area contributed by atoms with Gasteiger partial charge >= 0.3 is 0 Å². The number of ether oxygens (including phenoxy) is 1. The van der Waals surface area contributed by atoms with Crippen molar-refractivity contribution < 1.29 is 9.84 Å². The minimum atomic E-state index is -0.660. The van der Waals surface area contributed by atoms with Crippen molar-refractivity contribution in [2.45, 2.75) is 65.1 Å². The average Bonchev–Trinajstić information content (AvgIpc) is 3.33. The number of hydrogen-bond acceptors (Lipinski definition) is 6. The molecule has 0 spiro atoms. The van der Waals surface area contributed by atoms with E-state index in [1.54, 1.807) is 11.3 Å². The van der Waals surface area contributed by atoms with Gasteiger partial charge in [-0.1, -0.05) is 12.6 Å². The van der Waals surface area contributed by atoms with Crippen LogP contribution in [-0.2, 0) is 17.6 Å². The Kier molecular flexibility index (Phi) is 5.35. The van der Waals surface area contributed by atoms with E-state index in [4.69, 9.17) is 9.72 Å². The molecule has 32 heavy (non-hydrogen) atoms. The Hall–Kier alpha value is -2.28. The summed E-state index contributed by atoms with van der Waals surface area (Å²) < 4.78 is 7.54. The number of aromatic nitrogens is 2. The summed E-state index contributed by atoms with van der Waals surface area (Å²) in [5.74, 6) is 0.00394. The predicted octanol–water partition coefficient (Wildman–Crippen LogP) is 7.69. The van der Waals surface area contributed by atoms with Crippen LogP contribution in [0.15, 0.2) is 36.0 Å². The van der Waals surface area contributed by atoms with Crippen molar-refractivity contribution in [3.05, 3.63) is 57.7 Å². The highest BCUT2D eigenvalue weighted by Gasteiger charge is 2.31. The number of thiophene rings is 1. The number of nitrogens with zero attached hydrogens (tertiary/aromatic N) is 2. The first-order valence-corrected chi connectivity index (χ1v) is 12.8. The largest absolute Gasteiger partial charge is 0.510 e. The maximum Gasteiger partial charge on any atom is 0.142 e. The molecule has 0 amide bonds. The Morgan fingerprint density at radius 1 is 1.22 bits per heavy atom. The summed E-state index contributed by atoms with van der Waals surface area (Å²) in [6.07, 6.45) is 3.95. The van der Waals surface area contributed by atoms with Crippen molar-refractivity contribution in [1.82, 2.24) is 9.97 Å². The maximum absolute atomic E-state index is 10.7. The van der Waals surface area contributed by atoms with E-state index < -0.39 is 11.7 Å². The lowest BCUT2D eigenvalue weighted by molar-refractivity contribution is -0.0596. The molecule has 1 N–H and O–H groups in total. The highest BCUT2D eigenvalue weighted by Crippen LogP contribution is 2.47. The third-order valence-electron chi connectivity index (χ3n) is 5.99. The number of aliphatic hydroxyl groups is 1. The quantitative estimate of drug-likeness (QED) is 0.315. The van der Waals surface area contributed by atoms with E-state index in [2.05, 4.69) is 29.8 Å². The first-order valence-electron chi connectivity index (χ1n) is 11.1. The van der Waals surface area contributed by atoms with E-state index in [-0.39, 0.29) is 5.76 Å². The molecule has 0 radical (unpaired) electrons. The minimum Gasteiger partial charge on any atom is -0.510 e. The zero-order valence-corrected chi connectivity index (χ0v) is 20.6. The van der Waals surface area contributed by atoms with Gasteiger partial charge in [0.25, 0.3) is 0 Å². The molecular formula is C26H28N2O2S2.